The van der Waals surface area contributed by atoms with Gasteiger partial charge in [-0.15, -0.1) is 0 Å². The lowest BCUT2D eigenvalue weighted by molar-refractivity contribution is 0.241. The lowest BCUT2D eigenvalue weighted by Gasteiger charge is -2.21. The van der Waals surface area contributed by atoms with E-state index < -0.39 is 0 Å². The maximum atomic E-state index is 4.67. The van der Waals surface area contributed by atoms with Gasteiger partial charge in [-0.05, 0) is 49.1 Å². The van der Waals surface area contributed by atoms with E-state index in [0.717, 1.165) is 24.9 Å². The van der Waals surface area contributed by atoms with Crippen LogP contribution < -0.4 is 5.32 Å². The first kappa shape index (κ1) is 15.0. The van der Waals surface area contributed by atoms with Crippen LogP contribution >= 0.6 is 0 Å². The average molecular weight is 287 g/mol. The second-order valence-corrected chi connectivity index (χ2v) is 7.27. The molecule has 0 atom stereocenters. The molecule has 1 heterocycles. The van der Waals surface area contributed by atoms with Crippen molar-refractivity contribution in [2.75, 3.05) is 13.1 Å². The van der Waals surface area contributed by atoms with E-state index in [1.165, 1.54) is 50.0 Å². The summed E-state index contributed by atoms with van der Waals surface area (Å²) in [5, 5.41) is 3.44. The molecule has 0 unspecified atom stereocenters. The molecule has 2 saturated carbocycles. The summed E-state index contributed by atoms with van der Waals surface area (Å²) in [5.74, 6) is 1.94. The van der Waals surface area contributed by atoms with E-state index in [9.17, 15) is 0 Å². The highest BCUT2D eigenvalue weighted by Crippen LogP contribution is 2.34. The molecular weight excluding hydrogens is 258 g/mol. The van der Waals surface area contributed by atoms with Crippen LogP contribution in [0.25, 0.3) is 0 Å². The van der Waals surface area contributed by atoms with Crippen LogP contribution in [-0.4, -0.2) is 29.0 Å². The van der Waals surface area contributed by atoms with Gasteiger partial charge >= 0.3 is 0 Å². The molecule has 1 aromatic rings. The number of nitrogens with zero attached hydrogens (tertiary/aromatic N) is 2. The van der Waals surface area contributed by atoms with Crippen LogP contribution in [-0.2, 0) is 13.1 Å². The molecule has 0 radical (unpaired) electrons. The first-order valence-electron chi connectivity index (χ1n) is 8.58. The summed E-state index contributed by atoms with van der Waals surface area (Å²) in [6, 6.07) is 4.96. The predicted molar refractivity (Wildman–Crippen MR) is 86.9 cm³/mol. The largest absolute Gasteiger partial charge is 0.310 e. The van der Waals surface area contributed by atoms with Gasteiger partial charge in [-0.3, -0.25) is 9.88 Å². The highest BCUT2D eigenvalue weighted by molar-refractivity contribution is 5.14. The molecule has 0 saturated heterocycles. The summed E-state index contributed by atoms with van der Waals surface area (Å²) in [6.45, 7) is 8.87. The molecule has 1 aromatic heterocycles. The van der Waals surface area contributed by atoms with E-state index in [0.29, 0.717) is 6.04 Å². The van der Waals surface area contributed by atoms with E-state index in [1.54, 1.807) is 0 Å². The third-order valence-corrected chi connectivity index (χ3v) is 4.41. The van der Waals surface area contributed by atoms with Crippen LogP contribution in [0.1, 0.15) is 50.8 Å². The zero-order valence-electron chi connectivity index (χ0n) is 13.5. The lowest BCUT2D eigenvalue weighted by Crippen LogP contribution is -2.28. The average Bonchev–Trinajstić information content (AvgIpc) is 3.34. The van der Waals surface area contributed by atoms with Gasteiger partial charge in [0.25, 0.3) is 0 Å². The van der Waals surface area contributed by atoms with E-state index >= 15 is 0 Å². The van der Waals surface area contributed by atoms with Crippen LogP contribution in [0.15, 0.2) is 18.3 Å². The van der Waals surface area contributed by atoms with Gasteiger partial charge in [-0.1, -0.05) is 19.9 Å². The summed E-state index contributed by atoms with van der Waals surface area (Å²) >= 11 is 0. The molecule has 116 valence electrons. The van der Waals surface area contributed by atoms with Gasteiger partial charge in [0.05, 0.1) is 5.69 Å². The fourth-order valence-corrected chi connectivity index (χ4v) is 2.74. The third kappa shape index (κ3) is 5.40. The summed E-state index contributed by atoms with van der Waals surface area (Å²) in [6.07, 6.45) is 7.79. The van der Waals surface area contributed by atoms with Crippen molar-refractivity contribution in [1.29, 1.82) is 0 Å². The fourth-order valence-electron chi connectivity index (χ4n) is 2.74. The van der Waals surface area contributed by atoms with Crippen molar-refractivity contribution in [3.8, 4) is 0 Å². The zero-order chi connectivity index (χ0) is 14.7. The van der Waals surface area contributed by atoms with Crippen LogP contribution in [0, 0.1) is 11.8 Å². The Morgan fingerprint density at radius 1 is 1.14 bits per heavy atom. The first-order valence-corrected chi connectivity index (χ1v) is 8.58. The normalized spacial score (nSPS) is 18.7. The van der Waals surface area contributed by atoms with Gasteiger partial charge in [0.2, 0.25) is 0 Å². The number of hydrogen-bond donors (Lipinski definition) is 1. The molecule has 3 nitrogen and oxygen atoms in total. The highest BCUT2D eigenvalue weighted by Gasteiger charge is 2.29. The molecule has 0 spiro atoms. The fraction of sp³-hybridized carbons (Fsp3) is 0.722. The van der Waals surface area contributed by atoms with Gasteiger partial charge in [0.1, 0.15) is 0 Å². The Morgan fingerprint density at radius 2 is 1.81 bits per heavy atom. The van der Waals surface area contributed by atoms with Crippen LogP contribution in [0.2, 0.25) is 0 Å². The zero-order valence-corrected chi connectivity index (χ0v) is 13.5. The monoisotopic (exact) mass is 287 g/mol. The van der Waals surface area contributed by atoms with E-state index in [1.807, 2.05) is 6.20 Å². The summed E-state index contributed by atoms with van der Waals surface area (Å²) in [7, 11) is 0. The molecule has 2 aliphatic rings. The molecule has 0 amide bonds. The van der Waals surface area contributed by atoms with Gasteiger partial charge in [0.15, 0.2) is 0 Å². The Kier molecular flexibility index (Phi) is 4.91. The van der Waals surface area contributed by atoms with Crippen molar-refractivity contribution >= 4 is 0 Å². The van der Waals surface area contributed by atoms with E-state index in [4.69, 9.17) is 0 Å². The number of pyridine rings is 1. The highest BCUT2D eigenvalue weighted by atomic mass is 15.1. The molecule has 2 fully saturated rings. The van der Waals surface area contributed by atoms with Crippen molar-refractivity contribution in [3.63, 3.8) is 0 Å². The van der Waals surface area contributed by atoms with Crippen LogP contribution in [0.5, 0.6) is 0 Å². The minimum Gasteiger partial charge on any atom is -0.310 e. The Hall–Kier alpha value is -0.930. The van der Waals surface area contributed by atoms with Gasteiger partial charge in [0, 0.05) is 38.4 Å². The molecule has 2 aliphatic carbocycles. The molecule has 3 rings (SSSR count). The first-order chi connectivity index (χ1) is 10.2. The summed E-state index contributed by atoms with van der Waals surface area (Å²) < 4.78 is 0. The Labute approximate surface area is 129 Å². The number of hydrogen-bond acceptors (Lipinski definition) is 3. The van der Waals surface area contributed by atoms with Crippen LogP contribution in [0.4, 0.5) is 0 Å². The lowest BCUT2D eigenvalue weighted by atomic mass is 10.2. The van der Waals surface area contributed by atoms with Gasteiger partial charge in [-0.25, -0.2) is 0 Å². The molecular formula is C18H29N3. The number of rotatable bonds is 9. The van der Waals surface area contributed by atoms with Gasteiger partial charge in [-0.2, -0.15) is 0 Å². The van der Waals surface area contributed by atoms with E-state index in [-0.39, 0.29) is 0 Å². The number of nitrogens with one attached hydrogen (secondary N) is 1. The van der Waals surface area contributed by atoms with Crippen molar-refractivity contribution in [1.82, 2.24) is 15.2 Å². The summed E-state index contributed by atoms with van der Waals surface area (Å²) in [4.78, 5) is 7.31. The molecule has 0 aromatic carbocycles. The maximum absolute atomic E-state index is 4.67. The number of aromatic nitrogens is 1. The molecule has 21 heavy (non-hydrogen) atoms. The third-order valence-electron chi connectivity index (χ3n) is 4.41. The standard InChI is InChI=1S/C18H29N3/c1-14(2)19-9-17-7-8-18(20-10-17)13-21(11-15-3-4-15)12-16-5-6-16/h7-8,10,14-16,19H,3-6,9,11-13H2,1-2H3. The van der Waals surface area contributed by atoms with E-state index in [2.05, 4.69) is 41.2 Å². The SMILES string of the molecule is CC(C)NCc1ccc(CN(CC2CC2)CC2CC2)nc1. The quantitative estimate of drug-likeness (QED) is 0.756. The minimum absolute atomic E-state index is 0.525. The van der Waals surface area contributed by atoms with Crippen molar-refractivity contribution in [2.24, 2.45) is 11.8 Å². The second-order valence-electron chi connectivity index (χ2n) is 7.27. The minimum atomic E-state index is 0.525. The van der Waals surface area contributed by atoms with Crippen molar-refractivity contribution in [2.45, 2.75) is 58.7 Å². The molecule has 0 aliphatic heterocycles. The smallest absolute Gasteiger partial charge is 0.0544 e. The topological polar surface area (TPSA) is 28.2 Å². The van der Waals surface area contributed by atoms with Crippen LogP contribution in [0.3, 0.4) is 0 Å². The molecule has 1 N–H and O–H groups in total. The molecule has 3 heteroatoms. The Balaban J connectivity index is 1.51. The second kappa shape index (κ2) is 6.89. The van der Waals surface area contributed by atoms with Crippen molar-refractivity contribution in [3.05, 3.63) is 29.6 Å². The Bertz CT molecular complexity index is 418. The molecule has 0 bridgehead atoms. The predicted octanol–water partition coefficient (Wildman–Crippen LogP) is 3.20. The van der Waals surface area contributed by atoms with Gasteiger partial charge < -0.3 is 5.32 Å². The Morgan fingerprint density at radius 3 is 2.29 bits per heavy atom. The summed E-state index contributed by atoms with van der Waals surface area (Å²) in [5.41, 5.74) is 2.51. The van der Waals surface area contributed by atoms with Crippen molar-refractivity contribution < 1.29 is 0 Å². The maximum Gasteiger partial charge on any atom is 0.0544 e.